The topological polar surface area (TPSA) is 96.5 Å². The fourth-order valence-corrected chi connectivity index (χ4v) is 4.57. The summed E-state index contributed by atoms with van der Waals surface area (Å²) in [6, 6.07) is 12.9. The fourth-order valence-electron chi connectivity index (χ4n) is 3.92. The average molecular weight is 480 g/mol. The maximum absolute atomic E-state index is 12.6. The lowest BCUT2D eigenvalue weighted by Gasteiger charge is -2.14. The quantitative estimate of drug-likeness (QED) is 0.485. The normalized spacial score (nSPS) is 13.6. The molecule has 2 heterocycles. The Hall–Kier alpha value is -3.30. The number of aromatic nitrogens is 2. The minimum Gasteiger partial charge on any atom is -0.486 e. The van der Waals surface area contributed by atoms with E-state index in [4.69, 9.17) is 4.74 Å². The lowest BCUT2D eigenvalue weighted by atomic mass is 10.1. The number of anilines is 1. The fraction of sp³-hybridized carbons (Fsp3) is 0.360. The number of nitrogens with zero attached hydrogens (tertiary/aromatic N) is 3. The van der Waals surface area contributed by atoms with Crippen molar-refractivity contribution in [3.8, 4) is 5.75 Å². The molecular weight excluding hydrogens is 450 g/mol. The number of ether oxygens (including phenoxy) is 1. The number of hydrogen-bond donors (Lipinski definition) is 2. The number of rotatable bonds is 9. The zero-order chi connectivity index (χ0) is 23.9. The van der Waals surface area contributed by atoms with Crippen LogP contribution in [-0.4, -0.2) is 53.1 Å². The molecule has 2 N–H and O–H groups in total. The second kappa shape index (κ2) is 11.2. The average Bonchev–Trinajstić information content (AvgIpc) is 3.49. The predicted octanol–water partition coefficient (Wildman–Crippen LogP) is 3.81. The van der Waals surface area contributed by atoms with Gasteiger partial charge in [-0.25, -0.2) is 0 Å². The molecule has 0 atom stereocenters. The molecule has 9 heteroatoms. The summed E-state index contributed by atoms with van der Waals surface area (Å²) >= 11 is 1.18. The third-order valence-corrected chi connectivity index (χ3v) is 6.41. The standard InChI is InChI=1S/C25H29N5O3S/c1-17-12-18(2)14-21(13-17)33-16-22-28-29-25(34-22)24(32)27-20-7-5-6-19(15-20)23(31)26-8-11-30-9-3-4-10-30/h5-7,12-15H,3-4,8-11,16H2,1-2H3,(H,26,31)(H,27,32). The highest BCUT2D eigenvalue weighted by atomic mass is 32.1. The smallest absolute Gasteiger partial charge is 0.286 e. The molecule has 0 saturated carbocycles. The van der Waals surface area contributed by atoms with E-state index in [1.54, 1.807) is 24.3 Å². The van der Waals surface area contributed by atoms with Gasteiger partial charge in [0.1, 0.15) is 12.4 Å². The van der Waals surface area contributed by atoms with Crippen molar-refractivity contribution in [2.75, 3.05) is 31.5 Å². The van der Waals surface area contributed by atoms with Gasteiger partial charge in [-0.1, -0.05) is 23.5 Å². The van der Waals surface area contributed by atoms with E-state index in [0.717, 1.165) is 36.5 Å². The van der Waals surface area contributed by atoms with Crippen LogP contribution in [0, 0.1) is 13.8 Å². The number of amides is 2. The summed E-state index contributed by atoms with van der Waals surface area (Å²) in [6.45, 7) is 7.93. The van der Waals surface area contributed by atoms with Gasteiger partial charge >= 0.3 is 0 Å². The van der Waals surface area contributed by atoms with Gasteiger partial charge in [-0.15, -0.1) is 10.2 Å². The molecule has 34 heavy (non-hydrogen) atoms. The molecule has 0 bridgehead atoms. The summed E-state index contributed by atoms with van der Waals surface area (Å²) < 4.78 is 5.80. The molecule has 1 saturated heterocycles. The van der Waals surface area contributed by atoms with Gasteiger partial charge in [0.05, 0.1) is 0 Å². The molecule has 0 radical (unpaired) electrons. The molecule has 2 aromatic carbocycles. The molecule has 4 rings (SSSR count). The largest absolute Gasteiger partial charge is 0.486 e. The van der Waals surface area contributed by atoms with Gasteiger partial charge in [-0.2, -0.15) is 0 Å². The van der Waals surface area contributed by atoms with Crippen LogP contribution in [0.15, 0.2) is 42.5 Å². The Labute approximate surface area is 203 Å². The maximum Gasteiger partial charge on any atom is 0.286 e. The molecular formula is C25H29N5O3S. The molecule has 8 nitrogen and oxygen atoms in total. The summed E-state index contributed by atoms with van der Waals surface area (Å²) in [5, 5.41) is 14.6. The molecule has 0 unspecified atom stereocenters. The number of benzene rings is 2. The molecule has 0 spiro atoms. The highest BCUT2D eigenvalue weighted by Crippen LogP contribution is 2.20. The van der Waals surface area contributed by atoms with Gasteiger partial charge in [0.2, 0.25) is 5.01 Å². The molecule has 178 valence electrons. The van der Waals surface area contributed by atoms with Crippen LogP contribution in [0.4, 0.5) is 5.69 Å². The third kappa shape index (κ3) is 6.61. The predicted molar refractivity (Wildman–Crippen MR) is 133 cm³/mol. The number of hydrogen-bond acceptors (Lipinski definition) is 7. The summed E-state index contributed by atoms with van der Waals surface area (Å²) in [4.78, 5) is 27.5. The van der Waals surface area contributed by atoms with Gasteiger partial charge in [-0.3, -0.25) is 9.59 Å². The Kier molecular flexibility index (Phi) is 7.87. The van der Waals surface area contributed by atoms with Crippen molar-refractivity contribution in [2.24, 2.45) is 0 Å². The molecule has 2 amide bonds. The molecule has 1 fully saturated rings. The van der Waals surface area contributed by atoms with Crippen molar-refractivity contribution >= 4 is 28.8 Å². The minimum atomic E-state index is -0.373. The molecule has 1 aliphatic heterocycles. The van der Waals surface area contributed by atoms with Gasteiger partial charge in [0, 0.05) is 24.3 Å². The molecule has 3 aromatic rings. The van der Waals surface area contributed by atoms with Crippen LogP contribution >= 0.6 is 11.3 Å². The van der Waals surface area contributed by atoms with Gasteiger partial charge < -0.3 is 20.3 Å². The summed E-state index contributed by atoms with van der Waals surface area (Å²) in [5.41, 5.74) is 3.27. The Bertz CT molecular complexity index is 1140. The zero-order valence-electron chi connectivity index (χ0n) is 19.5. The van der Waals surface area contributed by atoms with Crippen LogP contribution in [0.25, 0.3) is 0 Å². The monoisotopic (exact) mass is 479 g/mol. The number of aryl methyl sites for hydroxylation is 2. The Balaban J connectivity index is 1.29. The van der Waals surface area contributed by atoms with E-state index in [9.17, 15) is 9.59 Å². The third-order valence-electron chi connectivity index (χ3n) is 5.51. The SMILES string of the molecule is Cc1cc(C)cc(OCc2nnc(C(=O)Nc3cccc(C(=O)NCCN4CCCC4)c3)s2)c1. The van der Waals surface area contributed by atoms with E-state index in [1.165, 1.54) is 24.2 Å². The minimum absolute atomic E-state index is 0.156. The zero-order valence-corrected chi connectivity index (χ0v) is 20.3. The summed E-state index contributed by atoms with van der Waals surface area (Å²) in [7, 11) is 0. The van der Waals surface area contributed by atoms with E-state index in [2.05, 4.69) is 31.8 Å². The van der Waals surface area contributed by atoms with Crippen molar-refractivity contribution < 1.29 is 14.3 Å². The molecule has 0 aliphatic carbocycles. The van der Waals surface area contributed by atoms with Crippen LogP contribution in [0.2, 0.25) is 0 Å². The summed E-state index contributed by atoms with van der Waals surface area (Å²) in [5.74, 6) is 0.230. The summed E-state index contributed by atoms with van der Waals surface area (Å²) in [6.07, 6.45) is 2.45. The van der Waals surface area contributed by atoms with Crippen LogP contribution in [0.1, 0.15) is 49.1 Å². The van der Waals surface area contributed by atoms with Crippen molar-refractivity contribution in [3.63, 3.8) is 0 Å². The van der Waals surface area contributed by atoms with Crippen LogP contribution in [-0.2, 0) is 6.61 Å². The van der Waals surface area contributed by atoms with Crippen molar-refractivity contribution in [3.05, 3.63) is 69.2 Å². The second-order valence-corrected chi connectivity index (χ2v) is 9.51. The first kappa shape index (κ1) is 23.8. The van der Waals surface area contributed by atoms with Crippen molar-refractivity contribution in [2.45, 2.75) is 33.3 Å². The Morgan fingerprint density at radius 3 is 2.56 bits per heavy atom. The maximum atomic E-state index is 12.6. The second-order valence-electron chi connectivity index (χ2n) is 8.45. The number of carbonyl (C=O) groups is 2. The highest BCUT2D eigenvalue weighted by Gasteiger charge is 2.15. The lowest BCUT2D eigenvalue weighted by molar-refractivity contribution is 0.0948. The van der Waals surface area contributed by atoms with Crippen molar-refractivity contribution in [1.29, 1.82) is 0 Å². The van der Waals surface area contributed by atoms with Crippen LogP contribution < -0.4 is 15.4 Å². The van der Waals surface area contributed by atoms with Crippen molar-refractivity contribution in [1.82, 2.24) is 20.4 Å². The van der Waals surface area contributed by atoms with E-state index in [-0.39, 0.29) is 23.4 Å². The number of nitrogens with one attached hydrogen (secondary N) is 2. The first-order chi connectivity index (χ1) is 16.5. The van der Waals surface area contributed by atoms with E-state index >= 15 is 0 Å². The Morgan fingerprint density at radius 1 is 1.03 bits per heavy atom. The van der Waals surface area contributed by atoms with Crippen LogP contribution in [0.3, 0.4) is 0 Å². The number of carbonyl (C=O) groups excluding carboxylic acids is 2. The first-order valence-electron chi connectivity index (χ1n) is 11.4. The van der Waals surface area contributed by atoms with E-state index in [0.29, 0.717) is 22.8 Å². The van der Waals surface area contributed by atoms with E-state index in [1.807, 2.05) is 26.0 Å². The molecule has 1 aromatic heterocycles. The Morgan fingerprint density at radius 2 is 1.79 bits per heavy atom. The first-order valence-corrected chi connectivity index (χ1v) is 12.2. The lowest BCUT2D eigenvalue weighted by Crippen LogP contribution is -2.33. The molecule has 1 aliphatic rings. The van der Waals surface area contributed by atoms with Gasteiger partial charge in [-0.05, 0) is 81.2 Å². The van der Waals surface area contributed by atoms with Gasteiger partial charge in [0.25, 0.3) is 11.8 Å². The highest BCUT2D eigenvalue weighted by molar-refractivity contribution is 7.13. The van der Waals surface area contributed by atoms with E-state index < -0.39 is 0 Å². The van der Waals surface area contributed by atoms with Gasteiger partial charge in [0.15, 0.2) is 5.01 Å². The van der Waals surface area contributed by atoms with Crippen LogP contribution in [0.5, 0.6) is 5.75 Å². The number of likely N-dealkylation sites (tertiary alicyclic amines) is 1.